The number of hydrogen-bond acceptors (Lipinski definition) is 6. The summed E-state index contributed by atoms with van der Waals surface area (Å²) in [7, 11) is 1.64. The Morgan fingerprint density at radius 2 is 2.07 bits per heavy atom. The summed E-state index contributed by atoms with van der Waals surface area (Å²) in [5.41, 5.74) is 1.82. The second-order valence-corrected chi connectivity index (χ2v) is 7.57. The van der Waals surface area contributed by atoms with Gasteiger partial charge in [0.1, 0.15) is 18.0 Å². The molecule has 28 heavy (non-hydrogen) atoms. The predicted molar refractivity (Wildman–Crippen MR) is 104 cm³/mol. The molecular formula is C18H20BrN7O2. The summed E-state index contributed by atoms with van der Waals surface area (Å²) in [5, 5.41) is 16.5. The van der Waals surface area contributed by atoms with E-state index in [1.807, 2.05) is 34.0 Å². The first-order chi connectivity index (χ1) is 13.6. The Hall–Kier alpha value is -2.75. The average molecular weight is 446 g/mol. The summed E-state index contributed by atoms with van der Waals surface area (Å²) >= 11 is 3.46. The van der Waals surface area contributed by atoms with Gasteiger partial charge in [0, 0.05) is 24.0 Å². The maximum Gasteiger partial charge on any atom is 0.223 e. The van der Waals surface area contributed by atoms with Crippen molar-refractivity contribution < 1.29 is 9.53 Å². The van der Waals surface area contributed by atoms with Crippen molar-refractivity contribution in [2.24, 2.45) is 0 Å². The summed E-state index contributed by atoms with van der Waals surface area (Å²) in [6.45, 7) is 1.78. The van der Waals surface area contributed by atoms with Crippen LogP contribution in [0.15, 0.2) is 41.3 Å². The molecule has 0 radical (unpaired) electrons. The molecule has 0 N–H and O–H groups in total. The van der Waals surface area contributed by atoms with Crippen molar-refractivity contribution in [3.05, 3.63) is 52.5 Å². The molecule has 0 saturated carbocycles. The number of carbonyl (C=O) groups excluding carboxylic acids is 1. The van der Waals surface area contributed by atoms with E-state index in [4.69, 9.17) is 4.74 Å². The van der Waals surface area contributed by atoms with Gasteiger partial charge in [-0.25, -0.2) is 4.68 Å². The second-order valence-electron chi connectivity index (χ2n) is 6.66. The number of nitrogens with zero attached hydrogens (tertiary/aromatic N) is 7. The first kappa shape index (κ1) is 18.6. The third-order valence-electron chi connectivity index (χ3n) is 4.77. The molecule has 1 saturated heterocycles. The Kier molecular flexibility index (Phi) is 5.38. The van der Waals surface area contributed by atoms with Gasteiger partial charge in [0.15, 0.2) is 0 Å². The Balaban J connectivity index is 1.28. The molecule has 3 heterocycles. The summed E-state index contributed by atoms with van der Waals surface area (Å²) in [5.74, 6) is 0.943. The highest BCUT2D eigenvalue weighted by atomic mass is 79.9. The number of amides is 1. The lowest BCUT2D eigenvalue weighted by atomic mass is 10.0. The minimum atomic E-state index is 0.138. The molecule has 1 aliphatic rings. The fourth-order valence-electron chi connectivity index (χ4n) is 3.20. The molecule has 1 amide bonds. The van der Waals surface area contributed by atoms with Gasteiger partial charge < -0.3 is 9.64 Å². The lowest BCUT2D eigenvalue weighted by Gasteiger charge is -2.39. The largest absolute Gasteiger partial charge is 0.496 e. The quantitative estimate of drug-likeness (QED) is 0.549. The predicted octanol–water partition coefficient (Wildman–Crippen LogP) is 1.71. The monoisotopic (exact) mass is 445 g/mol. The van der Waals surface area contributed by atoms with Crippen LogP contribution >= 0.6 is 15.9 Å². The second kappa shape index (κ2) is 8.09. The SMILES string of the molecule is COc1ccc(Br)cc1CCC(=O)N1CC(n2cc(Cn3nccn3)nn2)C1. The molecule has 1 aromatic carbocycles. The summed E-state index contributed by atoms with van der Waals surface area (Å²) in [6.07, 6.45) is 6.25. The summed E-state index contributed by atoms with van der Waals surface area (Å²) in [4.78, 5) is 15.9. The molecule has 2 aromatic heterocycles. The van der Waals surface area contributed by atoms with Gasteiger partial charge >= 0.3 is 0 Å². The highest BCUT2D eigenvalue weighted by molar-refractivity contribution is 9.10. The number of halogens is 1. The van der Waals surface area contributed by atoms with E-state index in [0.29, 0.717) is 32.5 Å². The van der Waals surface area contributed by atoms with Crippen LogP contribution in [-0.2, 0) is 17.8 Å². The Labute approximate surface area is 170 Å². The zero-order valence-corrected chi connectivity index (χ0v) is 17.0. The van der Waals surface area contributed by atoms with Crippen LogP contribution in [0.4, 0.5) is 0 Å². The third kappa shape index (κ3) is 4.06. The Morgan fingerprint density at radius 3 is 2.82 bits per heavy atom. The molecule has 0 bridgehead atoms. The van der Waals surface area contributed by atoms with Gasteiger partial charge in [-0.1, -0.05) is 21.1 Å². The molecule has 0 aliphatic carbocycles. The first-order valence-electron chi connectivity index (χ1n) is 8.97. The maximum absolute atomic E-state index is 12.5. The van der Waals surface area contributed by atoms with Crippen molar-refractivity contribution in [2.45, 2.75) is 25.4 Å². The first-order valence-corrected chi connectivity index (χ1v) is 9.76. The van der Waals surface area contributed by atoms with Gasteiger partial charge in [0.05, 0.1) is 31.7 Å². The number of aryl methyl sites for hydroxylation is 1. The van der Waals surface area contributed by atoms with E-state index in [9.17, 15) is 4.79 Å². The average Bonchev–Trinajstić information content (AvgIpc) is 3.32. The van der Waals surface area contributed by atoms with Crippen LogP contribution in [0, 0.1) is 0 Å². The van der Waals surface area contributed by atoms with Crippen LogP contribution in [0.1, 0.15) is 23.7 Å². The van der Waals surface area contributed by atoms with Crippen molar-refractivity contribution in [1.29, 1.82) is 0 Å². The Morgan fingerprint density at radius 1 is 1.29 bits per heavy atom. The van der Waals surface area contributed by atoms with Gasteiger partial charge in [0.25, 0.3) is 0 Å². The number of hydrogen-bond donors (Lipinski definition) is 0. The molecule has 9 nitrogen and oxygen atoms in total. The van der Waals surface area contributed by atoms with E-state index in [1.165, 1.54) is 0 Å². The molecule has 1 fully saturated rings. The van der Waals surface area contributed by atoms with E-state index in [1.54, 1.807) is 24.3 Å². The zero-order chi connectivity index (χ0) is 19.5. The lowest BCUT2D eigenvalue weighted by Crippen LogP contribution is -2.51. The van der Waals surface area contributed by atoms with Crippen molar-refractivity contribution >= 4 is 21.8 Å². The smallest absolute Gasteiger partial charge is 0.223 e. The molecule has 3 aromatic rings. The van der Waals surface area contributed by atoms with Gasteiger partial charge in [-0.15, -0.1) is 5.10 Å². The molecule has 146 valence electrons. The maximum atomic E-state index is 12.5. The van der Waals surface area contributed by atoms with Gasteiger partial charge in [0.2, 0.25) is 5.91 Å². The molecule has 10 heteroatoms. The summed E-state index contributed by atoms with van der Waals surface area (Å²) in [6, 6.07) is 6.00. The van der Waals surface area contributed by atoms with E-state index in [2.05, 4.69) is 36.4 Å². The fraction of sp³-hybridized carbons (Fsp3) is 0.389. The molecule has 0 atom stereocenters. The van der Waals surface area contributed by atoms with Gasteiger partial charge in [-0.3, -0.25) is 4.79 Å². The van der Waals surface area contributed by atoms with Gasteiger partial charge in [-0.2, -0.15) is 15.0 Å². The number of rotatable bonds is 7. The van der Waals surface area contributed by atoms with Crippen molar-refractivity contribution in [1.82, 2.24) is 34.9 Å². The lowest BCUT2D eigenvalue weighted by molar-refractivity contribution is -0.137. The van der Waals surface area contributed by atoms with Crippen molar-refractivity contribution in [3.63, 3.8) is 0 Å². The van der Waals surface area contributed by atoms with Crippen LogP contribution in [-0.4, -0.2) is 61.0 Å². The number of methoxy groups -OCH3 is 1. The van der Waals surface area contributed by atoms with E-state index in [-0.39, 0.29) is 11.9 Å². The molecule has 1 aliphatic heterocycles. The summed E-state index contributed by atoms with van der Waals surface area (Å²) < 4.78 is 8.17. The fourth-order valence-corrected chi connectivity index (χ4v) is 3.61. The van der Waals surface area contributed by atoms with Crippen molar-refractivity contribution in [3.8, 4) is 5.75 Å². The zero-order valence-electron chi connectivity index (χ0n) is 15.4. The molecule has 0 unspecified atom stereocenters. The molecule has 4 rings (SSSR count). The minimum absolute atomic E-state index is 0.138. The van der Waals surface area contributed by atoms with Crippen LogP contribution < -0.4 is 4.74 Å². The topological polar surface area (TPSA) is 91.0 Å². The van der Waals surface area contributed by atoms with Crippen molar-refractivity contribution in [2.75, 3.05) is 20.2 Å². The molecule has 0 spiro atoms. The van der Waals surface area contributed by atoms with E-state index in [0.717, 1.165) is 21.5 Å². The number of ether oxygens (including phenoxy) is 1. The third-order valence-corrected chi connectivity index (χ3v) is 5.26. The number of aromatic nitrogens is 6. The molecular weight excluding hydrogens is 426 g/mol. The highest BCUT2D eigenvalue weighted by Crippen LogP contribution is 2.26. The Bertz CT molecular complexity index is 951. The van der Waals surface area contributed by atoms with Gasteiger partial charge in [-0.05, 0) is 30.2 Å². The van der Waals surface area contributed by atoms with Crippen LogP contribution in [0.5, 0.6) is 5.75 Å². The minimum Gasteiger partial charge on any atom is -0.496 e. The number of likely N-dealkylation sites (tertiary alicyclic amines) is 1. The number of benzene rings is 1. The normalized spacial score (nSPS) is 14.1. The van der Waals surface area contributed by atoms with Crippen LogP contribution in [0.25, 0.3) is 0 Å². The van der Waals surface area contributed by atoms with Crippen LogP contribution in [0.3, 0.4) is 0 Å². The highest BCUT2D eigenvalue weighted by Gasteiger charge is 2.32. The standard InChI is InChI=1S/C18H20BrN7O2/c1-28-17-4-3-14(19)8-13(17)2-5-18(27)24-11-16(12-24)25-9-15(22-23-25)10-26-20-6-7-21-26/h3-4,6-9,16H,2,5,10-12H2,1H3. The van der Waals surface area contributed by atoms with E-state index >= 15 is 0 Å². The van der Waals surface area contributed by atoms with Crippen LogP contribution in [0.2, 0.25) is 0 Å². The van der Waals surface area contributed by atoms with E-state index < -0.39 is 0 Å². The number of carbonyl (C=O) groups is 1.